The highest BCUT2D eigenvalue weighted by atomic mass is 16.6. The Morgan fingerprint density at radius 3 is 2.92 bits per heavy atom. The van der Waals surface area contributed by atoms with Crippen molar-refractivity contribution in [2.24, 2.45) is 0 Å². The Balaban J connectivity index is 1.48. The van der Waals surface area contributed by atoms with E-state index in [4.69, 9.17) is 14.0 Å². The minimum absolute atomic E-state index is 0.0866. The zero-order valence-electron chi connectivity index (χ0n) is 13.2. The molecule has 24 heavy (non-hydrogen) atoms. The van der Waals surface area contributed by atoms with Crippen molar-refractivity contribution < 1.29 is 18.9 Å². The van der Waals surface area contributed by atoms with Gasteiger partial charge in [0, 0.05) is 31.8 Å². The summed E-state index contributed by atoms with van der Waals surface area (Å²) in [5.74, 6) is 1.03. The van der Waals surface area contributed by atoms with Gasteiger partial charge in [0.1, 0.15) is 6.61 Å². The molecular formula is C16H19N3O5. The molecule has 1 fully saturated rings. The van der Waals surface area contributed by atoms with Crippen LogP contribution in [0.15, 0.2) is 28.8 Å². The predicted molar refractivity (Wildman–Crippen MR) is 83.4 cm³/mol. The zero-order chi connectivity index (χ0) is 16.8. The maximum Gasteiger partial charge on any atom is 0.269 e. The second kappa shape index (κ2) is 7.98. The first kappa shape index (κ1) is 16.5. The van der Waals surface area contributed by atoms with Crippen molar-refractivity contribution in [1.29, 1.82) is 0 Å². The fourth-order valence-electron chi connectivity index (χ4n) is 2.56. The molecular weight excluding hydrogens is 314 g/mol. The molecule has 1 aromatic carbocycles. The van der Waals surface area contributed by atoms with Crippen molar-refractivity contribution in [1.82, 2.24) is 10.1 Å². The van der Waals surface area contributed by atoms with Crippen LogP contribution in [-0.2, 0) is 28.9 Å². The molecule has 8 nitrogen and oxygen atoms in total. The van der Waals surface area contributed by atoms with Crippen LogP contribution in [0.5, 0.6) is 0 Å². The Morgan fingerprint density at radius 1 is 1.29 bits per heavy atom. The molecule has 2 aromatic rings. The number of ether oxygens (including phenoxy) is 2. The van der Waals surface area contributed by atoms with Gasteiger partial charge < -0.3 is 14.0 Å². The van der Waals surface area contributed by atoms with Gasteiger partial charge in [0.15, 0.2) is 5.82 Å². The molecule has 0 spiro atoms. The highest BCUT2D eigenvalue weighted by Crippen LogP contribution is 2.15. The molecule has 128 valence electrons. The molecule has 0 radical (unpaired) electrons. The number of benzene rings is 1. The third kappa shape index (κ3) is 4.59. The van der Waals surface area contributed by atoms with E-state index in [0.717, 1.165) is 31.6 Å². The van der Waals surface area contributed by atoms with E-state index in [1.54, 1.807) is 12.1 Å². The first-order chi connectivity index (χ1) is 11.7. The van der Waals surface area contributed by atoms with Crippen LogP contribution >= 0.6 is 0 Å². The molecule has 0 unspecified atom stereocenters. The molecule has 0 bridgehead atoms. The van der Waals surface area contributed by atoms with Crippen molar-refractivity contribution in [3.8, 4) is 0 Å². The van der Waals surface area contributed by atoms with Gasteiger partial charge in [-0.15, -0.1) is 0 Å². The SMILES string of the molecule is O=[N+]([O-])c1cccc(CCc2nc(COC3CCOCC3)no2)c1. The Bertz CT molecular complexity index is 682. The Morgan fingerprint density at radius 2 is 2.12 bits per heavy atom. The van der Waals surface area contributed by atoms with Crippen molar-refractivity contribution in [3.63, 3.8) is 0 Å². The first-order valence-corrected chi connectivity index (χ1v) is 7.95. The summed E-state index contributed by atoms with van der Waals surface area (Å²) in [7, 11) is 0. The summed E-state index contributed by atoms with van der Waals surface area (Å²) in [4.78, 5) is 14.7. The molecule has 1 saturated heterocycles. The number of nitro benzene ring substituents is 1. The van der Waals surface area contributed by atoms with E-state index in [9.17, 15) is 10.1 Å². The number of aryl methyl sites for hydroxylation is 2. The van der Waals surface area contributed by atoms with Crippen molar-refractivity contribution in [2.75, 3.05) is 13.2 Å². The van der Waals surface area contributed by atoms with Gasteiger partial charge in [0.05, 0.1) is 11.0 Å². The molecule has 1 aliphatic heterocycles. The maximum atomic E-state index is 10.8. The lowest BCUT2D eigenvalue weighted by atomic mass is 10.1. The summed E-state index contributed by atoms with van der Waals surface area (Å²) >= 11 is 0. The van der Waals surface area contributed by atoms with E-state index in [-0.39, 0.29) is 11.8 Å². The first-order valence-electron chi connectivity index (χ1n) is 7.95. The summed E-state index contributed by atoms with van der Waals surface area (Å²) in [6.45, 7) is 1.78. The van der Waals surface area contributed by atoms with Gasteiger partial charge in [0.2, 0.25) is 5.89 Å². The molecule has 2 heterocycles. The molecule has 1 aromatic heterocycles. The quantitative estimate of drug-likeness (QED) is 0.566. The Hall–Kier alpha value is -2.32. The molecule has 0 aliphatic carbocycles. The largest absolute Gasteiger partial charge is 0.381 e. The van der Waals surface area contributed by atoms with Crippen LogP contribution in [0.3, 0.4) is 0 Å². The standard InChI is InChI=1S/C16H19N3O5/c20-19(21)13-3-1-2-12(10-13)4-5-16-17-15(18-24-16)11-23-14-6-8-22-9-7-14/h1-3,10,14H,4-9,11H2. The summed E-state index contributed by atoms with van der Waals surface area (Å²) < 4.78 is 16.2. The smallest absolute Gasteiger partial charge is 0.269 e. The van der Waals surface area contributed by atoms with Crippen LogP contribution < -0.4 is 0 Å². The third-order valence-electron chi connectivity index (χ3n) is 3.88. The lowest BCUT2D eigenvalue weighted by Gasteiger charge is -2.21. The van der Waals surface area contributed by atoms with Crippen LogP contribution in [-0.4, -0.2) is 34.4 Å². The zero-order valence-corrected chi connectivity index (χ0v) is 13.2. The van der Waals surface area contributed by atoms with E-state index in [1.807, 2.05) is 6.07 Å². The summed E-state index contributed by atoms with van der Waals surface area (Å²) in [5.41, 5.74) is 0.950. The van der Waals surface area contributed by atoms with Gasteiger partial charge in [-0.1, -0.05) is 17.3 Å². The minimum atomic E-state index is -0.401. The second-order valence-corrected chi connectivity index (χ2v) is 5.65. The number of aromatic nitrogens is 2. The number of hydrogen-bond donors (Lipinski definition) is 0. The molecule has 0 atom stereocenters. The summed E-state index contributed by atoms with van der Waals surface area (Å²) in [5, 5.41) is 14.7. The van der Waals surface area contributed by atoms with Gasteiger partial charge in [-0.2, -0.15) is 4.98 Å². The number of hydrogen-bond acceptors (Lipinski definition) is 7. The van der Waals surface area contributed by atoms with E-state index in [2.05, 4.69) is 10.1 Å². The summed E-state index contributed by atoms with van der Waals surface area (Å²) in [6.07, 6.45) is 3.09. The number of rotatable bonds is 7. The average molecular weight is 333 g/mol. The van der Waals surface area contributed by atoms with Gasteiger partial charge >= 0.3 is 0 Å². The fourth-order valence-corrected chi connectivity index (χ4v) is 2.56. The highest BCUT2D eigenvalue weighted by Gasteiger charge is 2.16. The van der Waals surface area contributed by atoms with Crippen LogP contribution in [0.1, 0.15) is 30.1 Å². The normalized spacial score (nSPS) is 15.5. The Kier molecular flexibility index (Phi) is 5.50. The molecule has 1 aliphatic rings. The lowest BCUT2D eigenvalue weighted by Crippen LogP contribution is -2.23. The van der Waals surface area contributed by atoms with Crippen molar-refractivity contribution in [3.05, 3.63) is 51.7 Å². The van der Waals surface area contributed by atoms with Crippen LogP contribution in [0.25, 0.3) is 0 Å². The predicted octanol–water partition coefficient (Wildman–Crippen LogP) is 2.46. The van der Waals surface area contributed by atoms with Crippen molar-refractivity contribution >= 4 is 5.69 Å². The van der Waals surface area contributed by atoms with Crippen molar-refractivity contribution in [2.45, 2.75) is 38.4 Å². The third-order valence-corrected chi connectivity index (χ3v) is 3.88. The second-order valence-electron chi connectivity index (χ2n) is 5.65. The minimum Gasteiger partial charge on any atom is -0.381 e. The summed E-state index contributed by atoms with van der Waals surface area (Å²) in [6, 6.07) is 6.56. The highest BCUT2D eigenvalue weighted by molar-refractivity contribution is 5.34. The monoisotopic (exact) mass is 333 g/mol. The van der Waals surface area contributed by atoms with Crippen LogP contribution in [0, 0.1) is 10.1 Å². The Labute approximate surface area is 138 Å². The molecule has 8 heteroatoms. The number of non-ortho nitro benzene ring substituents is 1. The van der Waals surface area contributed by atoms with E-state index in [1.165, 1.54) is 6.07 Å². The number of nitrogens with zero attached hydrogens (tertiary/aromatic N) is 3. The lowest BCUT2D eigenvalue weighted by molar-refractivity contribution is -0.384. The molecule has 0 saturated carbocycles. The fraction of sp³-hybridized carbons (Fsp3) is 0.500. The molecule has 0 N–H and O–H groups in total. The van der Waals surface area contributed by atoms with E-state index in [0.29, 0.717) is 31.2 Å². The topological polar surface area (TPSA) is 101 Å². The van der Waals surface area contributed by atoms with Gasteiger partial charge in [-0.25, -0.2) is 0 Å². The van der Waals surface area contributed by atoms with Gasteiger partial charge in [-0.05, 0) is 24.8 Å². The molecule has 3 rings (SSSR count). The van der Waals surface area contributed by atoms with Crippen LogP contribution in [0.2, 0.25) is 0 Å². The van der Waals surface area contributed by atoms with Crippen LogP contribution in [0.4, 0.5) is 5.69 Å². The van der Waals surface area contributed by atoms with Gasteiger partial charge in [-0.3, -0.25) is 10.1 Å². The average Bonchev–Trinajstić information content (AvgIpc) is 3.07. The van der Waals surface area contributed by atoms with E-state index >= 15 is 0 Å². The number of nitro groups is 1. The van der Waals surface area contributed by atoms with E-state index < -0.39 is 4.92 Å². The maximum absolute atomic E-state index is 10.8. The molecule has 0 amide bonds. The van der Waals surface area contributed by atoms with Gasteiger partial charge in [0.25, 0.3) is 5.69 Å².